The van der Waals surface area contributed by atoms with Crippen molar-refractivity contribution in [1.29, 1.82) is 0 Å². The second-order valence-corrected chi connectivity index (χ2v) is 6.89. The van der Waals surface area contributed by atoms with Gasteiger partial charge in [0.25, 0.3) is 5.91 Å². The Labute approximate surface area is 154 Å². The average molecular weight is 372 g/mol. The van der Waals surface area contributed by atoms with Gasteiger partial charge in [-0.15, -0.1) is 12.4 Å². The van der Waals surface area contributed by atoms with Crippen molar-refractivity contribution in [3.05, 3.63) is 29.6 Å². The summed E-state index contributed by atoms with van der Waals surface area (Å²) in [6.45, 7) is 6.78. The predicted molar refractivity (Wildman–Crippen MR) is 99.7 cm³/mol. The quantitative estimate of drug-likeness (QED) is 0.744. The molecule has 1 aliphatic rings. The van der Waals surface area contributed by atoms with Crippen LogP contribution >= 0.6 is 12.4 Å². The van der Waals surface area contributed by atoms with E-state index in [1.807, 2.05) is 13.8 Å². The van der Waals surface area contributed by atoms with E-state index in [2.05, 4.69) is 22.9 Å². The summed E-state index contributed by atoms with van der Waals surface area (Å²) in [5.74, 6) is -0.915. The predicted octanol–water partition coefficient (Wildman–Crippen LogP) is 3.10. The molecule has 0 saturated carbocycles. The van der Waals surface area contributed by atoms with Crippen LogP contribution in [0.4, 0.5) is 10.1 Å². The van der Waals surface area contributed by atoms with Gasteiger partial charge in [-0.05, 0) is 50.4 Å². The van der Waals surface area contributed by atoms with Gasteiger partial charge in [0.05, 0.1) is 5.69 Å². The van der Waals surface area contributed by atoms with Crippen LogP contribution in [0.15, 0.2) is 18.2 Å². The molecule has 0 aliphatic carbocycles. The Hall–Kier alpha value is -1.66. The van der Waals surface area contributed by atoms with Crippen LogP contribution < -0.4 is 16.0 Å². The van der Waals surface area contributed by atoms with Crippen LogP contribution in [0, 0.1) is 11.7 Å². The van der Waals surface area contributed by atoms with Gasteiger partial charge in [-0.2, -0.15) is 0 Å². The molecule has 2 unspecified atom stereocenters. The molecule has 0 aromatic heterocycles. The maximum Gasteiger partial charge on any atom is 0.251 e. The maximum absolute atomic E-state index is 14.1. The van der Waals surface area contributed by atoms with E-state index in [-0.39, 0.29) is 47.4 Å². The number of hydrogen-bond donors (Lipinski definition) is 3. The second kappa shape index (κ2) is 9.73. The Morgan fingerprint density at radius 2 is 2.08 bits per heavy atom. The lowest BCUT2D eigenvalue weighted by Crippen LogP contribution is -2.46. The normalized spacial score (nSPS) is 19.9. The minimum atomic E-state index is -0.599. The third kappa shape index (κ3) is 6.63. The summed E-state index contributed by atoms with van der Waals surface area (Å²) in [4.78, 5) is 24.0. The van der Waals surface area contributed by atoms with Crippen LogP contribution in [0.3, 0.4) is 0 Å². The number of amides is 2. The van der Waals surface area contributed by atoms with E-state index >= 15 is 0 Å². The number of anilines is 1. The Kier molecular flexibility index (Phi) is 8.32. The molecule has 1 aromatic carbocycles. The van der Waals surface area contributed by atoms with Crippen molar-refractivity contribution in [2.24, 2.45) is 5.92 Å². The molecule has 2 atom stereocenters. The second-order valence-electron chi connectivity index (χ2n) is 6.89. The molecule has 1 aromatic rings. The van der Waals surface area contributed by atoms with E-state index in [0.29, 0.717) is 12.5 Å². The maximum atomic E-state index is 14.1. The zero-order chi connectivity index (χ0) is 17.7. The number of rotatable bonds is 5. The SMILES string of the molecule is CC(C)CC(=O)Nc1ccc(C(=O)NC2CCNC(C)C2)cc1F.Cl. The molecule has 2 amide bonds. The standard InChI is InChI=1S/C18H26FN3O2.ClH/c1-11(2)8-17(23)22-16-5-4-13(10-15(16)19)18(24)21-14-6-7-20-12(3)9-14;/h4-5,10-12,14,20H,6-9H2,1-3H3,(H,21,24)(H,22,23);1H. The highest BCUT2D eigenvalue weighted by molar-refractivity contribution is 5.96. The zero-order valence-corrected chi connectivity index (χ0v) is 15.7. The zero-order valence-electron chi connectivity index (χ0n) is 14.9. The van der Waals surface area contributed by atoms with Crippen LogP contribution in [0.5, 0.6) is 0 Å². The Morgan fingerprint density at radius 3 is 2.68 bits per heavy atom. The van der Waals surface area contributed by atoms with E-state index in [1.54, 1.807) is 0 Å². The van der Waals surface area contributed by atoms with Gasteiger partial charge in [0, 0.05) is 24.1 Å². The molecule has 2 rings (SSSR count). The molecule has 0 bridgehead atoms. The first-order chi connectivity index (χ1) is 11.3. The minimum absolute atomic E-state index is 0. The smallest absolute Gasteiger partial charge is 0.251 e. The molecule has 1 aliphatic heterocycles. The van der Waals surface area contributed by atoms with E-state index in [0.717, 1.165) is 19.4 Å². The Bertz CT molecular complexity index is 610. The molecular formula is C18H27ClFN3O2. The number of carbonyl (C=O) groups is 2. The summed E-state index contributed by atoms with van der Waals surface area (Å²) in [5.41, 5.74) is 0.369. The topological polar surface area (TPSA) is 70.2 Å². The van der Waals surface area contributed by atoms with E-state index < -0.39 is 5.82 Å². The molecule has 0 spiro atoms. The van der Waals surface area contributed by atoms with Crippen molar-refractivity contribution >= 4 is 29.9 Å². The Balaban J connectivity index is 0.00000312. The van der Waals surface area contributed by atoms with Crippen molar-refractivity contribution in [1.82, 2.24) is 10.6 Å². The van der Waals surface area contributed by atoms with Crippen molar-refractivity contribution in [3.63, 3.8) is 0 Å². The van der Waals surface area contributed by atoms with Crippen LogP contribution in [0.25, 0.3) is 0 Å². The Morgan fingerprint density at radius 1 is 1.36 bits per heavy atom. The molecule has 140 valence electrons. The molecule has 5 nitrogen and oxygen atoms in total. The molecular weight excluding hydrogens is 345 g/mol. The van der Waals surface area contributed by atoms with E-state index in [1.165, 1.54) is 18.2 Å². The number of halogens is 2. The number of benzene rings is 1. The minimum Gasteiger partial charge on any atom is -0.349 e. The fourth-order valence-electron chi connectivity index (χ4n) is 2.86. The van der Waals surface area contributed by atoms with Crippen LogP contribution in [0.1, 0.15) is 50.4 Å². The number of nitrogens with one attached hydrogen (secondary N) is 3. The summed E-state index contributed by atoms with van der Waals surface area (Å²) in [6.07, 6.45) is 2.05. The van der Waals surface area contributed by atoms with Crippen molar-refractivity contribution < 1.29 is 14.0 Å². The van der Waals surface area contributed by atoms with E-state index in [4.69, 9.17) is 0 Å². The highest BCUT2D eigenvalue weighted by Crippen LogP contribution is 2.17. The molecule has 0 radical (unpaired) electrons. The van der Waals surface area contributed by atoms with Crippen molar-refractivity contribution in [3.8, 4) is 0 Å². The largest absolute Gasteiger partial charge is 0.349 e. The van der Waals surface area contributed by atoms with Crippen molar-refractivity contribution in [2.75, 3.05) is 11.9 Å². The molecule has 7 heteroatoms. The summed E-state index contributed by atoms with van der Waals surface area (Å²) < 4.78 is 14.1. The van der Waals surface area contributed by atoms with Gasteiger partial charge in [-0.1, -0.05) is 13.8 Å². The lowest BCUT2D eigenvalue weighted by atomic mass is 10.00. The highest BCUT2D eigenvalue weighted by atomic mass is 35.5. The van der Waals surface area contributed by atoms with Gasteiger partial charge in [0.2, 0.25) is 5.91 Å². The lowest BCUT2D eigenvalue weighted by Gasteiger charge is -2.28. The summed E-state index contributed by atoms with van der Waals surface area (Å²) in [5, 5.41) is 8.81. The molecule has 1 fully saturated rings. The van der Waals surface area contributed by atoms with E-state index in [9.17, 15) is 14.0 Å². The van der Waals surface area contributed by atoms with Gasteiger partial charge < -0.3 is 16.0 Å². The third-order valence-electron chi connectivity index (χ3n) is 4.06. The first-order valence-corrected chi connectivity index (χ1v) is 8.48. The first-order valence-electron chi connectivity index (χ1n) is 8.48. The number of hydrogen-bond acceptors (Lipinski definition) is 3. The molecule has 3 N–H and O–H groups in total. The molecule has 1 saturated heterocycles. The monoisotopic (exact) mass is 371 g/mol. The van der Waals surface area contributed by atoms with Gasteiger partial charge in [0.15, 0.2) is 0 Å². The lowest BCUT2D eigenvalue weighted by molar-refractivity contribution is -0.116. The van der Waals surface area contributed by atoms with Crippen LogP contribution in [-0.4, -0.2) is 30.4 Å². The van der Waals surface area contributed by atoms with Gasteiger partial charge >= 0.3 is 0 Å². The van der Waals surface area contributed by atoms with Gasteiger partial charge in [-0.25, -0.2) is 4.39 Å². The fourth-order valence-corrected chi connectivity index (χ4v) is 2.86. The molecule has 25 heavy (non-hydrogen) atoms. The summed E-state index contributed by atoms with van der Waals surface area (Å²) in [7, 11) is 0. The summed E-state index contributed by atoms with van der Waals surface area (Å²) in [6, 6.07) is 4.60. The highest BCUT2D eigenvalue weighted by Gasteiger charge is 2.21. The van der Waals surface area contributed by atoms with Crippen LogP contribution in [0.2, 0.25) is 0 Å². The fraction of sp³-hybridized carbons (Fsp3) is 0.556. The third-order valence-corrected chi connectivity index (χ3v) is 4.06. The van der Waals surface area contributed by atoms with Crippen molar-refractivity contribution in [2.45, 2.75) is 52.1 Å². The number of carbonyl (C=O) groups excluding carboxylic acids is 2. The number of piperidine rings is 1. The summed E-state index contributed by atoms with van der Waals surface area (Å²) >= 11 is 0. The van der Waals surface area contributed by atoms with Gasteiger partial charge in [0.1, 0.15) is 5.82 Å². The average Bonchev–Trinajstić information content (AvgIpc) is 2.48. The van der Waals surface area contributed by atoms with Crippen LogP contribution in [-0.2, 0) is 4.79 Å². The van der Waals surface area contributed by atoms with Gasteiger partial charge in [-0.3, -0.25) is 9.59 Å². The first kappa shape index (κ1) is 21.4. The molecule has 1 heterocycles.